The van der Waals surface area contributed by atoms with Gasteiger partial charge in [-0.25, -0.2) is 0 Å². The summed E-state index contributed by atoms with van der Waals surface area (Å²) in [6, 6.07) is 7.06. The molecule has 1 aliphatic rings. The Morgan fingerprint density at radius 3 is 2.69 bits per heavy atom. The maximum atomic E-state index is 9.15. The highest BCUT2D eigenvalue weighted by Gasteiger charge is 2.41. The van der Waals surface area contributed by atoms with Gasteiger partial charge in [0, 0.05) is 23.7 Å². The van der Waals surface area contributed by atoms with E-state index < -0.39 is 0 Å². The van der Waals surface area contributed by atoms with Crippen LogP contribution in [0, 0.1) is 6.92 Å². The van der Waals surface area contributed by atoms with Gasteiger partial charge in [0.1, 0.15) is 0 Å². The Hall–Kier alpha value is -1.02. The van der Waals surface area contributed by atoms with Crippen LogP contribution in [0.4, 0.5) is 5.69 Å². The van der Waals surface area contributed by atoms with Gasteiger partial charge < -0.3 is 10.0 Å². The summed E-state index contributed by atoms with van der Waals surface area (Å²) >= 11 is 0. The summed E-state index contributed by atoms with van der Waals surface area (Å²) in [7, 11) is 0. The lowest BCUT2D eigenvalue weighted by molar-refractivity contribution is 0.293. The number of hydrogen-bond donors (Lipinski definition) is 1. The van der Waals surface area contributed by atoms with Gasteiger partial charge in [0.25, 0.3) is 0 Å². The molecule has 1 N–H and O–H groups in total. The van der Waals surface area contributed by atoms with E-state index in [2.05, 4.69) is 50.8 Å². The van der Waals surface area contributed by atoms with Crippen molar-refractivity contribution in [3.05, 3.63) is 29.3 Å². The minimum Gasteiger partial charge on any atom is -0.395 e. The van der Waals surface area contributed by atoms with Crippen molar-refractivity contribution in [3.63, 3.8) is 0 Å². The quantitative estimate of drug-likeness (QED) is 0.826. The van der Waals surface area contributed by atoms with Gasteiger partial charge in [0.2, 0.25) is 0 Å². The van der Waals surface area contributed by atoms with Crippen molar-refractivity contribution in [1.82, 2.24) is 0 Å². The number of hydrogen-bond acceptors (Lipinski definition) is 2. The Labute approximate surface area is 97.9 Å². The molecule has 2 nitrogen and oxygen atoms in total. The van der Waals surface area contributed by atoms with Gasteiger partial charge in [-0.2, -0.15) is 0 Å². The van der Waals surface area contributed by atoms with Crippen molar-refractivity contribution in [2.75, 3.05) is 18.1 Å². The van der Waals surface area contributed by atoms with Crippen molar-refractivity contribution in [2.24, 2.45) is 0 Å². The van der Waals surface area contributed by atoms with Gasteiger partial charge in [0.05, 0.1) is 6.61 Å². The topological polar surface area (TPSA) is 23.5 Å². The number of benzene rings is 1. The number of aliphatic hydroxyl groups is 1. The third-order valence-electron chi connectivity index (χ3n) is 4.01. The van der Waals surface area contributed by atoms with Crippen molar-refractivity contribution in [2.45, 2.75) is 39.2 Å². The monoisotopic (exact) mass is 219 g/mol. The maximum Gasteiger partial charge on any atom is 0.0606 e. The summed E-state index contributed by atoms with van der Waals surface area (Å²) in [5, 5.41) is 9.15. The Bertz CT molecular complexity index is 398. The average Bonchev–Trinajstić information content (AvgIpc) is 2.41. The van der Waals surface area contributed by atoms with Crippen LogP contribution in [-0.4, -0.2) is 24.3 Å². The molecule has 16 heavy (non-hydrogen) atoms. The molecule has 1 heterocycles. The predicted molar refractivity (Wildman–Crippen MR) is 68.1 cm³/mol. The molecular weight excluding hydrogens is 198 g/mol. The number of aryl methyl sites for hydroxylation is 1. The lowest BCUT2D eigenvalue weighted by atomic mass is 9.81. The van der Waals surface area contributed by atoms with Crippen molar-refractivity contribution >= 4 is 5.69 Å². The molecule has 1 aliphatic heterocycles. The molecule has 1 aromatic carbocycles. The van der Waals surface area contributed by atoms with Crippen LogP contribution in [0.25, 0.3) is 0 Å². The van der Waals surface area contributed by atoms with Crippen LogP contribution in [0.5, 0.6) is 0 Å². The number of nitrogens with zero attached hydrogens (tertiary/aromatic N) is 1. The number of β-amino-alcohol motifs (C(OH)–C–C–N with tert-alkyl or cyclic N) is 1. The molecule has 0 aliphatic carbocycles. The molecule has 0 bridgehead atoms. The molecular formula is C14H21NO. The Balaban J connectivity index is 2.51. The molecule has 1 aromatic rings. The normalized spacial score (nSPS) is 22.3. The van der Waals surface area contributed by atoms with Gasteiger partial charge >= 0.3 is 0 Å². The third kappa shape index (κ3) is 1.52. The van der Waals surface area contributed by atoms with E-state index in [1.165, 1.54) is 16.8 Å². The first-order chi connectivity index (χ1) is 7.48. The van der Waals surface area contributed by atoms with E-state index in [0.717, 1.165) is 6.54 Å². The van der Waals surface area contributed by atoms with E-state index in [0.29, 0.717) is 6.04 Å². The molecule has 0 aromatic heterocycles. The molecule has 0 spiro atoms. The van der Waals surface area contributed by atoms with Crippen LogP contribution in [0.15, 0.2) is 18.2 Å². The SMILES string of the molecule is Cc1ccc2c(c1)C(C)(C)C(C)N2CCO. The maximum absolute atomic E-state index is 9.15. The van der Waals surface area contributed by atoms with E-state index in [1.807, 2.05) is 0 Å². The molecule has 1 unspecified atom stereocenters. The zero-order valence-corrected chi connectivity index (χ0v) is 10.6. The first-order valence-corrected chi connectivity index (χ1v) is 5.97. The van der Waals surface area contributed by atoms with Crippen LogP contribution in [0.3, 0.4) is 0 Å². The summed E-state index contributed by atoms with van der Waals surface area (Å²) in [5.41, 5.74) is 4.17. The highest BCUT2D eigenvalue weighted by atomic mass is 16.3. The summed E-state index contributed by atoms with van der Waals surface area (Å²) in [4.78, 5) is 2.31. The zero-order chi connectivity index (χ0) is 11.9. The predicted octanol–water partition coefficient (Wildman–Crippen LogP) is 2.47. The summed E-state index contributed by atoms with van der Waals surface area (Å²) in [5.74, 6) is 0. The van der Waals surface area contributed by atoms with Crippen molar-refractivity contribution in [3.8, 4) is 0 Å². The van der Waals surface area contributed by atoms with Gasteiger partial charge in [-0.15, -0.1) is 0 Å². The van der Waals surface area contributed by atoms with Crippen molar-refractivity contribution in [1.29, 1.82) is 0 Å². The molecule has 0 saturated carbocycles. The number of anilines is 1. The fraction of sp³-hybridized carbons (Fsp3) is 0.571. The van der Waals surface area contributed by atoms with Gasteiger partial charge in [-0.1, -0.05) is 31.5 Å². The van der Waals surface area contributed by atoms with E-state index in [1.54, 1.807) is 0 Å². The Morgan fingerprint density at radius 1 is 1.38 bits per heavy atom. The second kappa shape index (κ2) is 3.77. The smallest absolute Gasteiger partial charge is 0.0606 e. The van der Waals surface area contributed by atoms with Crippen LogP contribution in [0.2, 0.25) is 0 Å². The molecule has 0 saturated heterocycles. The first-order valence-electron chi connectivity index (χ1n) is 5.97. The standard InChI is InChI=1S/C14H21NO/c1-10-5-6-13-12(9-10)14(3,4)11(2)15(13)7-8-16/h5-6,9,11,16H,7-8H2,1-4H3. The molecule has 0 fully saturated rings. The van der Waals surface area contributed by atoms with Gasteiger partial charge in [-0.05, 0) is 25.5 Å². The lowest BCUT2D eigenvalue weighted by Gasteiger charge is -2.31. The van der Waals surface area contributed by atoms with Crippen LogP contribution in [-0.2, 0) is 5.41 Å². The molecule has 0 amide bonds. The van der Waals surface area contributed by atoms with Gasteiger partial charge in [0.15, 0.2) is 0 Å². The van der Waals surface area contributed by atoms with Crippen LogP contribution >= 0.6 is 0 Å². The average molecular weight is 219 g/mol. The Morgan fingerprint density at radius 2 is 2.06 bits per heavy atom. The number of fused-ring (bicyclic) bond motifs is 1. The minimum atomic E-state index is 0.163. The molecule has 2 heteroatoms. The minimum absolute atomic E-state index is 0.163. The largest absolute Gasteiger partial charge is 0.395 e. The highest BCUT2D eigenvalue weighted by Crippen LogP contribution is 2.44. The van der Waals surface area contributed by atoms with E-state index in [-0.39, 0.29) is 12.0 Å². The molecule has 0 radical (unpaired) electrons. The Kier molecular flexibility index (Phi) is 2.70. The number of rotatable bonds is 2. The van der Waals surface area contributed by atoms with E-state index in [4.69, 9.17) is 5.11 Å². The fourth-order valence-corrected chi connectivity index (χ4v) is 2.66. The fourth-order valence-electron chi connectivity index (χ4n) is 2.66. The van der Waals surface area contributed by atoms with E-state index in [9.17, 15) is 0 Å². The van der Waals surface area contributed by atoms with Crippen molar-refractivity contribution < 1.29 is 5.11 Å². The summed E-state index contributed by atoms with van der Waals surface area (Å²) in [6.07, 6.45) is 0. The third-order valence-corrected chi connectivity index (χ3v) is 4.01. The van der Waals surface area contributed by atoms with Gasteiger partial charge in [-0.3, -0.25) is 0 Å². The van der Waals surface area contributed by atoms with E-state index >= 15 is 0 Å². The zero-order valence-electron chi connectivity index (χ0n) is 10.6. The second-order valence-corrected chi connectivity index (χ2v) is 5.34. The lowest BCUT2D eigenvalue weighted by Crippen LogP contribution is -2.40. The van der Waals surface area contributed by atoms with Crippen LogP contribution < -0.4 is 4.90 Å². The summed E-state index contributed by atoms with van der Waals surface area (Å²) < 4.78 is 0. The molecule has 88 valence electrons. The first kappa shape index (κ1) is 11.5. The number of aliphatic hydroxyl groups excluding tert-OH is 1. The van der Waals surface area contributed by atoms with Crippen LogP contribution in [0.1, 0.15) is 31.9 Å². The molecule has 1 atom stereocenters. The molecule has 2 rings (SSSR count). The second-order valence-electron chi connectivity index (χ2n) is 5.34. The summed E-state index contributed by atoms with van der Waals surface area (Å²) in [6.45, 7) is 9.88. The highest BCUT2D eigenvalue weighted by molar-refractivity contribution is 5.64.